The summed E-state index contributed by atoms with van der Waals surface area (Å²) in [6.07, 6.45) is 0. The van der Waals surface area contributed by atoms with E-state index in [-0.39, 0.29) is 5.54 Å². The third-order valence-electron chi connectivity index (χ3n) is 2.56. The fourth-order valence-corrected chi connectivity index (χ4v) is 2.06. The molecule has 0 atom stereocenters. The second kappa shape index (κ2) is 4.35. The van der Waals surface area contributed by atoms with Gasteiger partial charge in [-0.25, -0.2) is 0 Å². The van der Waals surface area contributed by atoms with Crippen molar-refractivity contribution in [2.45, 2.75) is 39.8 Å². The van der Waals surface area contributed by atoms with Crippen LogP contribution < -0.4 is 5.32 Å². The molecule has 1 aromatic carbocycles. The van der Waals surface area contributed by atoms with E-state index in [1.165, 1.54) is 0 Å². The Labute approximate surface area is 107 Å². The van der Waals surface area contributed by atoms with Crippen LogP contribution in [0.4, 0.5) is 0 Å². The van der Waals surface area contributed by atoms with Crippen LogP contribution in [0.3, 0.4) is 0 Å². The monoisotopic (exact) mass is 251 g/mol. The highest BCUT2D eigenvalue weighted by molar-refractivity contribution is 6.34. The van der Waals surface area contributed by atoms with Crippen molar-refractivity contribution in [3.05, 3.63) is 34.5 Å². The summed E-state index contributed by atoms with van der Waals surface area (Å²) in [6, 6.07) is 6.06. The Morgan fingerprint density at radius 3 is 2.59 bits per heavy atom. The Morgan fingerprint density at radius 2 is 1.94 bits per heavy atom. The van der Waals surface area contributed by atoms with Crippen molar-refractivity contribution in [3.63, 3.8) is 0 Å². The molecule has 2 rings (SSSR count). The SMILES string of the molecule is Cc1cc(Cl)c2oc(CNC(C)(C)C)cc2c1. The van der Waals surface area contributed by atoms with E-state index in [4.69, 9.17) is 16.0 Å². The lowest BCUT2D eigenvalue weighted by Gasteiger charge is -2.19. The molecule has 0 fully saturated rings. The lowest BCUT2D eigenvalue weighted by molar-refractivity contribution is 0.395. The number of benzene rings is 1. The predicted octanol–water partition coefficient (Wildman–Crippen LogP) is 4.28. The first-order valence-electron chi connectivity index (χ1n) is 5.79. The summed E-state index contributed by atoms with van der Waals surface area (Å²) in [7, 11) is 0. The van der Waals surface area contributed by atoms with Gasteiger partial charge in [-0.1, -0.05) is 11.6 Å². The fraction of sp³-hybridized carbons (Fsp3) is 0.429. The summed E-state index contributed by atoms with van der Waals surface area (Å²) in [5.41, 5.74) is 2.01. The van der Waals surface area contributed by atoms with Crippen LogP contribution >= 0.6 is 11.6 Å². The van der Waals surface area contributed by atoms with E-state index < -0.39 is 0 Å². The average molecular weight is 252 g/mol. The highest BCUT2D eigenvalue weighted by Gasteiger charge is 2.12. The van der Waals surface area contributed by atoms with Crippen LogP contribution in [0, 0.1) is 6.92 Å². The smallest absolute Gasteiger partial charge is 0.152 e. The number of hydrogen-bond acceptors (Lipinski definition) is 2. The first-order valence-corrected chi connectivity index (χ1v) is 6.16. The zero-order valence-corrected chi connectivity index (χ0v) is 11.5. The van der Waals surface area contributed by atoms with Gasteiger partial charge in [-0.15, -0.1) is 0 Å². The second-order valence-electron chi connectivity index (χ2n) is 5.48. The van der Waals surface area contributed by atoms with Crippen molar-refractivity contribution in [1.82, 2.24) is 5.32 Å². The topological polar surface area (TPSA) is 25.2 Å². The molecule has 0 radical (unpaired) electrons. The van der Waals surface area contributed by atoms with Crippen LogP contribution in [0.15, 0.2) is 22.6 Å². The molecular weight excluding hydrogens is 234 g/mol. The molecule has 1 N–H and O–H groups in total. The van der Waals surface area contributed by atoms with Crippen molar-refractivity contribution in [2.24, 2.45) is 0 Å². The number of furan rings is 1. The fourth-order valence-electron chi connectivity index (χ4n) is 1.74. The molecule has 0 aliphatic rings. The normalized spacial score (nSPS) is 12.3. The highest BCUT2D eigenvalue weighted by atomic mass is 35.5. The van der Waals surface area contributed by atoms with Gasteiger partial charge in [0.1, 0.15) is 5.76 Å². The molecular formula is C14H18ClNO. The molecule has 0 saturated carbocycles. The van der Waals surface area contributed by atoms with Crippen molar-refractivity contribution in [3.8, 4) is 0 Å². The summed E-state index contributed by atoms with van der Waals surface area (Å²) in [5.74, 6) is 0.919. The van der Waals surface area contributed by atoms with Gasteiger partial charge in [0.15, 0.2) is 5.58 Å². The lowest BCUT2D eigenvalue weighted by atomic mass is 10.1. The zero-order chi connectivity index (χ0) is 12.6. The number of nitrogens with one attached hydrogen (secondary N) is 1. The number of halogens is 1. The molecule has 17 heavy (non-hydrogen) atoms. The quantitative estimate of drug-likeness (QED) is 0.862. The van der Waals surface area contributed by atoms with E-state index in [1.807, 2.05) is 19.1 Å². The second-order valence-corrected chi connectivity index (χ2v) is 5.89. The minimum Gasteiger partial charge on any atom is -0.458 e. The Balaban J connectivity index is 2.29. The van der Waals surface area contributed by atoms with Gasteiger partial charge < -0.3 is 9.73 Å². The largest absolute Gasteiger partial charge is 0.458 e. The van der Waals surface area contributed by atoms with Gasteiger partial charge in [-0.2, -0.15) is 0 Å². The number of fused-ring (bicyclic) bond motifs is 1. The van der Waals surface area contributed by atoms with Crippen LogP contribution in [0.5, 0.6) is 0 Å². The molecule has 0 amide bonds. The highest BCUT2D eigenvalue weighted by Crippen LogP contribution is 2.28. The Morgan fingerprint density at radius 1 is 1.24 bits per heavy atom. The molecule has 0 saturated heterocycles. The summed E-state index contributed by atoms with van der Waals surface area (Å²) in [6.45, 7) is 9.14. The standard InChI is InChI=1S/C14H18ClNO/c1-9-5-10-7-11(8-16-14(2,3)4)17-13(10)12(15)6-9/h5-7,16H,8H2,1-4H3. The lowest BCUT2D eigenvalue weighted by Crippen LogP contribution is -2.34. The third-order valence-corrected chi connectivity index (χ3v) is 2.84. The molecule has 0 bridgehead atoms. The van der Waals surface area contributed by atoms with E-state index in [0.717, 1.165) is 22.3 Å². The maximum atomic E-state index is 6.15. The maximum Gasteiger partial charge on any atom is 0.152 e. The first-order chi connectivity index (χ1) is 7.85. The molecule has 0 unspecified atom stereocenters. The van der Waals surface area contributed by atoms with Gasteiger partial charge in [0.25, 0.3) is 0 Å². The molecule has 0 spiro atoms. The van der Waals surface area contributed by atoms with E-state index in [2.05, 4.69) is 32.2 Å². The summed E-state index contributed by atoms with van der Waals surface area (Å²) in [4.78, 5) is 0. The average Bonchev–Trinajstić information content (AvgIpc) is 2.56. The molecule has 0 aliphatic heterocycles. The predicted molar refractivity (Wildman–Crippen MR) is 72.6 cm³/mol. The van der Waals surface area contributed by atoms with Crippen molar-refractivity contribution in [1.29, 1.82) is 0 Å². The summed E-state index contributed by atoms with van der Waals surface area (Å²) < 4.78 is 5.75. The van der Waals surface area contributed by atoms with Crippen molar-refractivity contribution in [2.75, 3.05) is 0 Å². The molecule has 2 nitrogen and oxygen atoms in total. The third kappa shape index (κ3) is 3.02. The van der Waals surface area contributed by atoms with E-state index in [9.17, 15) is 0 Å². The van der Waals surface area contributed by atoms with E-state index in [1.54, 1.807) is 0 Å². The number of aryl methyl sites for hydroxylation is 1. The Bertz CT molecular complexity index is 537. The minimum atomic E-state index is 0.0820. The van der Waals surface area contributed by atoms with E-state index in [0.29, 0.717) is 11.6 Å². The van der Waals surface area contributed by atoms with Gasteiger partial charge in [-0.3, -0.25) is 0 Å². The molecule has 2 aromatic rings. The van der Waals surface area contributed by atoms with E-state index >= 15 is 0 Å². The Hall–Kier alpha value is -0.990. The minimum absolute atomic E-state index is 0.0820. The van der Waals surface area contributed by atoms with Gasteiger partial charge in [0.05, 0.1) is 11.6 Å². The molecule has 1 heterocycles. The van der Waals surface area contributed by atoms with Crippen LogP contribution in [0.25, 0.3) is 11.0 Å². The van der Waals surface area contributed by atoms with Gasteiger partial charge in [0, 0.05) is 10.9 Å². The first kappa shape index (κ1) is 12.5. The molecule has 92 valence electrons. The van der Waals surface area contributed by atoms with Crippen LogP contribution in [-0.2, 0) is 6.54 Å². The van der Waals surface area contributed by atoms with Gasteiger partial charge in [-0.05, 0) is 51.5 Å². The zero-order valence-electron chi connectivity index (χ0n) is 10.7. The number of rotatable bonds is 2. The maximum absolute atomic E-state index is 6.15. The van der Waals surface area contributed by atoms with Crippen LogP contribution in [-0.4, -0.2) is 5.54 Å². The van der Waals surface area contributed by atoms with Gasteiger partial charge in [0.2, 0.25) is 0 Å². The van der Waals surface area contributed by atoms with Crippen molar-refractivity contribution < 1.29 is 4.42 Å². The molecule has 1 aromatic heterocycles. The van der Waals surface area contributed by atoms with Crippen LogP contribution in [0.1, 0.15) is 32.1 Å². The molecule has 3 heteroatoms. The van der Waals surface area contributed by atoms with Crippen molar-refractivity contribution >= 4 is 22.6 Å². The van der Waals surface area contributed by atoms with Gasteiger partial charge >= 0.3 is 0 Å². The summed E-state index contributed by atoms with van der Waals surface area (Å²) in [5, 5.41) is 5.15. The number of hydrogen-bond donors (Lipinski definition) is 1. The van der Waals surface area contributed by atoms with Crippen LogP contribution in [0.2, 0.25) is 5.02 Å². The molecule has 0 aliphatic carbocycles. The summed E-state index contributed by atoms with van der Waals surface area (Å²) >= 11 is 6.15. The Kier molecular flexibility index (Phi) is 3.19.